The Morgan fingerprint density at radius 3 is 2.41 bits per heavy atom. The van der Waals surface area contributed by atoms with Crippen LogP contribution in [-0.4, -0.2) is 37.0 Å². The minimum absolute atomic E-state index is 0.0781. The molecule has 3 aromatic rings. The molecule has 0 saturated carbocycles. The van der Waals surface area contributed by atoms with Crippen LogP contribution >= 0.6 is 0 Å². The van der Waals surface area contributed by atoms with Crippen molar-refractivity contribution in [3.05, 3.63) is 89.2 Å². The molecule has 3 aromatic carbocycles. The van der Waals surface area contributed by atoms with Crippen LogP contribution in [0.4, 0.5) is 17.6 Å². The summed E-state index contributed by atoms with van der Waals surface area (Å²) in [5, 5.41) is 2.91. The van der Waals surface area contributed by atoms with Crippen molar-refractivity contribution in [2.75, 3.05) is 20.2 Å². The van der Waals surface area contributed by atoms with Crippen LogP contribution in [0.3, 0.4) is 0 Å². The van der Waals surface area contributed by atoms with Crippen molar-refractivity contribution in [1.82, 2.24) is 10.2 Å². The summed E-state index contributed by atoms with van der Waals surface area (Å²) in [4.78, 5) is 14.6. The van der Waals surface area contributed by atoms with Gasteiger partial charge in [-0.1, -0.05) is 24.3 Å². The highest BCUT2D eigenvalue weighted by Gasteiger charge is 2.30. The summed E-state index contributed by atoms with van der Waals surface area (Å²) in [6.07, 6.45) is -3.67. The van der Waals surface area contributed by atoms with Gasteiger partial charge in [-0.2, -0.15) is 13.2 Å². The first kappa shape index (κ1) is 23.8. The van der Waals surface area contributed by atoms with Gasteiger partial charge < -0.3 is 10.1 Å². The Hall–Kier alpha value is -3.39. The summed E-state index contributed by atoms with van der Waals surface area (Å²) in [6, 6.07) is 16.3. The molecule has 0 aliphatic carbocycles. The van der Waals surface area contributed by atoms with Gasteiger partial charge in [-0.3, -0.25) is 9.69 Å². The van der Waals surface area contributed by atoms with Gasteiger partial charge in [-0.15, -0.1) is 0 Å². The van der Waals surface area contributed by atoms with Crippen LogP contribution in [0, 0.1) is 5.82 Å². The second-order valence-electron chi connectivity index (χ2n) is 8.31. The third-order valence-electron chi connectivity index (χ3n) is 5.91. The highest BCUT2D eigenvalue weighted by molar-refractivity contribution is 5.94. The molecule has 1 unspecified atom stereocenters. The zero-order valence-electron chi connectivity index (χ0n) is 18.5. The largest absolute Gasteiger partial charge is 0.496 e. The van der Waals surface area contributed by atoms with Crippen molar-refractivity contribution < 1.29 is 27.1 Å². The molecule has 0 spiro atoms. The number of hydrogen-bond donors (Lipinski definition) is 1. The van der Waals surface area contributed by atoms with Crippen LogP contribution in [0.25, 0.3) is 11.1 Å². The van der Waals surface area contributed by atoms with E-state index in [2.05, 4.69) is 10.2 Å². The van der Waals surface area contributed by atoms with Crippen LogP contribution in [0.5, 0.6) is 5.75 Å². The van der Waals surface area contributed by atoms with E-state index >= 15 is 0 Å². The third-order valence-corrected chi connectivity index (χ3v) is 5.91. The average Bonchev–Trinajstić information content (AvgIpc) is 3.25. The fourth-order valence-corrected chi connectivity index (χ4v) is 4.13. The Labute approximate surface area is 195 Å². The highest BCUT2D eigenvalue weighted by Crippen LogP contribution is 2.31. The van der Waals surface area contributed by atoms with Crippen LogP contribution in [-0.2, 0) is 12.7 Å². The smallest absolute Gasteiger partial charge is 0.416 e. The van der Waals surface area contributed by atoms with Crippen molar-refractivity contribution >= 4 is 5.91 Å². The molecule has 4 nitrogen and oxygen atoms in total. The first-order chi connectivity index (χ1) is 16.2. The molecule has 34 heavy (non-hydrogen) atoms. The molecular weight excluding hydrogens is 448 g/mol. The molecular formula is C26H24F4N2O2. The van der Waals surface area contributed by atoms with Gasteiger partial charge in [0.2, 0.25) is 0 Å². The van der Waals surface area contributed by atoms with Gasteiger partial charge in [0, 0.05) is 36.8 Å². The quantitative estimate of drug-likeness (QED) is 0.480. The van der Waals surface area contributed by atoms with Crippen LogP contribution in [0.2, 0.25) is 0 Å². The minimum Gasteiger partial charge on any atom is -0.496 e. The Bertz CT molecular complexity index is 1140. The molecule has 1 amide bonds. The number of ether oxygens (including phenoxy) is 1. The SMILES string of the molecule is COc1ccc(F)cc1-c1ccc(CN2CCC(NC(=O)c3ccc(C(F)(F)F)cc3)C2)cc1. The number of nitrogens with zero attached hydrogens (tertiary/aromatic N) is 1. The number of carbonyl (C=O) groups is 1. The molecule has 1 saturated heterocycles. The van der Waals surface area contributed by atoms with Gasteiger partial charge in [0.15, 0.2) is 0 Å². The third kappa shape index (κ3) is 5.56. The predicted molar refractivity (Wildman–Crippen MR) is 121 cm³/mol. The van der Waals surface area contributed by atoms with E-state index < -0.39 is 11.7 Å². The molecule has 0 bridgehead atoms. The molecule has 1 N–H and O–H groups in total. The number of alkyl halides is 3. The summed E-state index contributed by atoms with van der Waals surface area (Å²) in [6.45, 7) is 2.12. The highest BCUT2D eigenvalue weighted by atomic mass is 19.4. The summed E-state index contributed by atoms with van der Waals surface area (Å²) in [5.41, 5.74) is 2.03. The monoisotopic (exact) mass is 472 g/mol. The Balaban J connectivity index is 1.33. The normalized spacial score (nSPS) is 16.4. The molecule has 4 rings (SSSR count). The minimum atomic E-state index is -4.43. The van der Waals surface area contributed by atoms with E-state index in [1.54, 1.807) is 13.2 Å². The van der Waals surface area contributed by atoms with Gasteiger partial charge in [-0.25, -0.2) is 4.39 Å². The number of halogens is 4. The summed E-state index contributed by atoms with van der Waals surface area (Å²) >= 11 is 0. The molecule has 1 fully saturated rings. The number of amides is 1. The number of hydrogen-bond acceptors (Lipinski definition) is 3. The number of nitrogens with one attached hydrogen (secondary N) is 1. The summed E-state index contributed by atoms with van der Waals surface area (Å²) < 4.78 is 57.1. The zero-order chi connectivity index (χ0) is 24.3. The van der Waals surface area contributed by atoms with Crippen molar-refractivity contribution in [2.45, 2.75) is 25.2 Å². The Morgan fingerprint density at radius 2 is 1.76 bits per heavy atom. The number of likely N-dealkylation sites (tertiary alicyclic amines) is 1. The lowest BCUT2D eigenvalue weighted by atomic mass is 10.0. The Morgan fingerprint density at radius 1 is 1.06 bits per heavy atom. The van der Waals surface area contributed by atoms with E-state index in [9.17, 15) is 22.4 Å². The summed E-state index contributed by atoms with van der Waals surface area (Å²) in [5.74, 6) is -0.115. The second-order valence-corrected chi connectivity index (χ2v) is 8.31. The van der Waals surface area contributed by atoms with E-state index in [4.69, 9.17) is 4.74 Å². The van der Waals surface area contributed by atoms with Gasteiger partial charge in [-0.05, 0) is 60.0 Å². The van der Waals surface area contributed by atoms with E-state index in [0.717, 1.165) is 36.2 Å². The second kappa shape index (κ2) is 9.85. The standard InChI is InChI=1S/C26H24F4N2O2/c1-34-24-11-10-21(27)14-23(24)18-4-2-17(3-5-18)15-32-13-12-22(16-32)31-25(33)19-6-8-20(9-7-19)26(28,29)30/h2-11,14,22H,12-13,15-16H2,1H3,(H,31,33). The van der Waals surface area contributed by atoms with Gasteiger partial charge in [0.1, 0.15) is 11.6 Å². The van der Waals surface area contributed by atoms with E-state index in [-0.39, 0.29) is 23.3 Å². The first-order valence-electron chi connectivity index (χ1n) is 10.9. The van der Waals surface area contributed by atoms with E-state index in [0.29, 0.717) is 24.4 Å². The molecule has 1 aliphatic rings. The Kier molecular flexibility index (Phi) is 6.88. The average molecular weight is 472 g/mol. The van der Waals surface area contributed by atoms with Crippen LogP contribution in [0.1, 0.15) is 27.9 Å². The van der Waals surface area contributed by atoms with Gasteiger partial charge in [0.05, 0.1) is 12.7 Å². The molecule has 0 aromatic heterocycles. The lowest BCUT2D eigenvalue weighted by Crippen LogP contribution is -2.37. The van der Waals surface area contributed by atoms with Crippen molar-refractivity contribution in [2.24, 2.45) is 0 Å². The molecule has 1 aliphatic heterocycles. The number of rotatable bonds is 6. The topological polar surface area (TPSA) is 41.6 Å². The van der Waals surface area contributed by atoms with Crippen molar-refractivity contribution in [3.63, 3.8) is 0 Å². The van der Waals surface area contributed by atoms with E-state index in [1.165, 1.54) is 24.3 Å². The maximum Gasteiger partial charge on any atom is 0.416 e. The molecule has 178 valence electrons. The zero-order valence-corrected chi connectivity index (χ0v) is 18.5. The number of carbonyl (C=O) groups excluding carboxylic acids is 1. The first-order valence-corrected chi connectivity index (χ1v) is 10.9. The molecule has 8 heteroatoms. The maximum absolute atomic E-state index is 13.7. The molecule has 1 atom stereocenters. The van der Waals surface area contributed by atoms with Crippen LogP contribution < -0.4 is 10.1 Å². The van der Waals surface area contributed by atoms with E-state index in [1.807, 2.05) is 24.3 Å². The lowest BCUT2D eigenvalue weighted by Gasteiger charge is -2.17. The number of benzene rings is 3. The lowest BCUT2D eigenvalue weighted by molar-refractivity contribution is -0.137. The fourth-order valence-electron chi connectivity index (χ4n) is 4.13. The van der Waals surface area contributed by atoms with Crippen molar-refractivity contribution in [1.29, 1.82) is 0 Å². The summed E-state index contributed by atoms with van der Waals surface area (Å²) in [7, 11) is 1.55. The van der Waals surface area contributed by atoms with Gasteiger partial charge in [0.25, 0.3) is 5.91 Å². The fraction of sp³-hybridized carbons (Fsp3) is 0.269. The molecule has 0 radical (unpaired) electrons. The van der Waals surface area contributed by atoms with Crippen LogP contribution in [0.15, 0.2) is 66.7 Å². The maximum atomic E-state index is 13.7. The van der Waals surface area contributed by atoms with Gasteiger partial charge >= 0.3 is 6.18 Å². The number of methoxy groups -OCH3 is 1. The predicted octanol–water partition coefficient (Wildman–Crippen LogP) is 5.52. The molecule has 1 heterocycles. The van der Waals surface area contributed by atoms with Crippen molar-refractivity contribution in [3.8, 4) is 16.9 Å².